The summed E-state index contributed by atoms with van der Waals surface area (Å²) in [6, 6.07) is 27.5. The first kappa shape index (κ1) is 28.0. The molecule has 1 fully saturated rings. The minimum atomic E-state index is -0.277. The van der Waals surface area contributed by atoms with Crippen molar-refractivity contribution < 1.29 is 4.79 Å². The van der Waals surface area contributed by atoms with E-state index in [1.54, 1.807) is 23.1 Å². The number of aromatic nitrogens is 1. The zero-order valence-electron chi connectivity index (χ0n) is 23.2. The molecule has 0 aliphatic carbocycles. The second-order valence-electron chi connectivity index (χ2n) is 10.8. The molecule has 0 unspecified atom stereocenters. The second kappa shape index (κ2) is 11.7. The number of anilines is 3. The van der Waals surface area contributed by atoms with Crippen LogP contribution in [0.5, 0.6) is 0 Å². The lowest BCUT2D eigenvalue weighted by atomic mass is 9.93. The number of carbonyl (C=O) groups is 1. The molecule has 5 aromatic rings. The summed E-state index contributed by atoms with van der Waals surface area (Å²) in [4.78, 5) is 24.5. The lowest BCUT2D eigenvalue weighted by molar-refractivity contribution is 0.246. The highest BCUT2D eigenvalue weighted by Crippen LogP contribution is 2.45. The van der Waals surface area contributed by atoms with Crippen molar-refractivity contribution in [2.24, 2.45) is 0 Å². The Kier molecular flexibility index (Phi) is 7.62. The summed E-state index contributed by atoms with van der Waals surface area (Å²) in [5, 5.41) is 6.83. The Morgan fingerprint density at radius 1 is 0.767 bits per heavy atom. The third-order valence-electron chi connectivity index (χ3n) is 8.20. The first-order valence-corrected chi connectivity index (χ1v) is 15.3. The van der Waals surface area contributed by atoms with Crippen LogP contribution in [0.2, 0.25) is 15.1 Å². The molecule has 7 rings (SSSR count). The van der Waals surface area contributed by atoms with Crippen LogP contribution in [0.4, 0.5) is 22.0 Å². The van der Waals surface area contributed by atoms with Crippen LogP contribution >= 0.6 is 34.8 Å². The van der Waals surface area contributed by atoms with Crippen LogP contribution in [-0.2, 0) is 13.1 Å². The van der Waals surface area contributed by atoms with Gasteiger partial charge in [0, 0.05) is 67.0 Å². The number of amides is 2. The number of pyridine rings is 1. The normalized spacial score (nSPS) is 15.5. The average molecular weight is 629 g/mol. The minimum absolute atomic E-state index is 0.277. The van der Waals surface area contributed by atoms with Crippen molar-refractivity contribution in [1.29, 1.82) is 0 Å². The smallest absolute Gasteiger partial charge is 0.326 e. The zero-order valence-corrected chi connectivity index (χ0v) is 25.5. The molecule has 2 aliphatic heterocycles. The predicted octanol–water partition coefficient (Wildman–Crippen LogP) is 8.55. The number of halogens is 3. The molecule has 1 saturated heterocycles. The molecule has 4 aromatic carbocycles. The number of carbonyl (C=O) groups excluding carboxylic acids is 1. The summed E-state index contributed by atoms with van der Waals surface area (Å²) in [5.41, 5.74) is 5.14. The van der Waals surface area contributed by atoms with E-state index in [-0.39, 0.29) is 6.03 Å². The molecule has 2 amide bonds. The van der Waals surface area contributed by atoms with E-state index in [0.717, 1.165) is 59.9 Å². The number of fused-ring (bicyclic) bond motifs is 2. The lowest BCUT2D eigenvalue weighted by Gasteiger charge is -2.37. The molecule has 3 heterocycles. The summed E-state index contributed by atoms with van der Waals surface area (Å²) in [6.45, 7) is 4.58. The molecule has 1 aromatic heterocycles. The van der Waals surface area contributed by atoms with E-state index < -0.39 is 0 Å². The van der Waals surface area contributed by atoms with Crippen molar-refractivity contribution in [2.75, 3.05) is 36.0 Å². The topological polar surface area (TPSA) is 51.7 Å². The fraction of sp³-hybridized carbons (Fsp3) is 0.176. The summed E-state index contributed by atoms with van der Waals surface area (Å²) in [7, 11) is 0. The van der Waals surface area contributed by atoms with Crippen molar-refractivity contribution in [3.05, 3.63) is 117 Å². The van der Waals surface area contributed by atoms with E-state index in [1.807, 2.05) is 30.5 Å². The van der Waals surface area contributed by atoms with E-state index in [4.69, 9.17) is 39.8 Å². The fourth-order valence-corrected chi connectivity index (χ4v) is 6.92. The Balaban J connectivity index is 1.24. The molecular weight excluding hydrogens is 601 g/mol. The number of nitrogens with one attached hydrogen (secondary N) is 1. The number of piperazine rings is 1. The van der Waals surface area contributed by atoms with Gasteiger partial charge in [-0.3, -0.25) is 9.80 Å². The predicted molar refractivity (Wildman–Crippen MR) is 177 cm³/mol. The highest BCUT2D eigenvalue weighted by Gasteiger charge is 2.32. The van der Waals surface area contributed by atoms with E-state index in [1.165, 1.54) is 10.8 Å². The van der Waals surface area contributed by atoms with Gasteiger partial charge >= 0.3 is 6.03 Å². The maximum absolute atomic E-state index is 13.4. The van der Waals surface area contributed by atoms with E-state index in [9.17, 15) is 4.79 Å². The van der Waals surface area contributed by atoms with Gasteiger partial charge in [-0.15, -0.1) is 0 Å². The van der Waals surface area contributed by atoms with Crippen LogP contribution in [0.3, 0.4) is 0 Å². The number of benzene rings is 4. The Hall–Kier alpha value is -3.81. The van der Waals surface area contributed by atoms with Gasteiger partial charge < -0.3 is 10.2 Å². The fourth-order valence-electron chi connectivity index (χ4n) is 6.12. The van der Waals surface area contributed by atoms with Gasteiger partial charge in [-0.25, -0.2) is 9.78 Å². The molecule has 9 heteroatoms. The monoisotopic (exact) mass is 627 g/mol. The maximum atomic E-state index is 13.4. The van der Waals surface area contributed by atoms with Gasteiger partial charge in [0.1, 0.15) is 5.82 Å². The second-order valence-corrected chi connectivity index (χ2v) is 12.0. The molecule has 216 valence electrons. The van der Waals surface area contributed by atoms with Crippen LogP contribution in [0.1, 0.15) is 11.1 Å². The number of rotatable bonds is 5. The van der Waals surface area contributed by atoms with Gasteiger partial charge in [-0.1, -0.05) is 83.3 Å². The van der Waals surface area contributed by atoms with Crippen molar-refractivity contribution in [2.45, 2.75) is 13.1 Å². The van der Waals surface area contributed by atoms with Crippen molar-refractivity contribution in [1.82, 2.24) is 15.2 Å². The van der Waals surface area contributed by atoms with Crippen LogP contribution in [0.15, 0.2) is 91.1 Å². The molecular formula is C34H28Cl3N5O. The van der Waals surface area contributed by atoms with Crippen molar-refractivity contribution >= 4 is 68.8 Å². The van der Waals surface area contributed by atoms with Gasteiger partial charge in [-0.2, -0.15) is 0 Å². The van der Waals surface area contributed by atoms with Crippen LogP contribution < -0.4 is 15.1 Å². The minimum Gasteiger partial charge on any atom is -0.354 e. The largest absolute Gasteiger partial charge is 0.354 e. The Labute approximate surface area is 265 Å². The summed E-state index contributed by atoms with van der Waals surface area (Å²) in [6.07, 6.45) is 1.89. The van der Waals surface area contributed by atoms with E-state index >= 15 is 0 Å². The van der Waals surface area contributed by atoms with Crippen LogP contribution in [0.25, 0.3) is 21.9 Å². The highest BCUT2D eigenvalue weighted by molar-refractivity contribution is 6.40. The van der Waals surface area contributed by atoms with Gasteiger partial charge in [0.2, 0.25) is 0 Å². The van der Waals surface area contributed by atoms with E-state index in [0.29, 0.717) is 33.8 Å². The molecule has 0 saturated carbocycles. The Morgan fingerprint density at radius 2 is 1.49 bits per heavy atom. The third-order valence-corrected chi connectivity index (χ3v) is 9.14. The number of hydrogen-bond donors (Lipinski definition) is 1. The van der Waals surface area contributed by atoms with Gasteiger partial charge in [-0.05, 0) is 52.9 Å². The van der Waals surface area contributed by atoms with Gasteiger partial charge in [0.05, 0.1) is 21.4 Å². The summed E-state index contributed by atoms with van der Waals surface area (Å²) < 4.78 is 0. The molecule has 6 nitrogen and oxygen atoms in total. The average Bonchev–Trinajstić information content (AvgIpc) is 3.02. The molecule has 0 spiro atoms. The highest BCUT2D eigenvalue weighted by atomic mass is 35.5. The molecule has 0 atom stereocenters. The van der Waals surface area contributed by atoms with Crippen LogP contribution in [0, 0.1) is 0 Å². The molecule has 2 aliphatic rings. The number of urea groups is 1. The number of nitrogens with zero attached hydrogens (tertiary/aromatic N) is 4. The number of hydrogen-bond acceptors (Lipinski definition) is 4. The van der Waals surface area contributed by atoms with Crippen molar-refractivity contribution in [3.8, 4) is 11.1 Å². The molecule has 43 heavy (non-hydrogen) atoms. The molecule has 1 N–H and O–H groups in total. The summed E-state index contributed by atoms with van der Waals surface area (Å²) in [5.74, 6) is 1.03. The van der Waals surface area contributed by atoms with Gasteiger partial charge in [0.25, 0.3) is 0 Å². The Bertz CT molecular complexity index is 1830. The Morgan fingerprint density at radius 3 is 2.28 bits per heavy atom. The lowest BCUT2D eigenvalue weighted by Crippen LogP contribution is -2.46. The van der Waals surface area contributed by atoms with Crippen LogP contribution in [-0.4, -0.2) is 42.1 Å². The first-order valence-electron chi connectivity index (χ1n) is 14.2. The van der Waals surface area contributed by atoms with Crippen molar-refractivity contribution in [3.63, 3.8) is 0 Å². The standard InChI is InChI=1S/C34H28Cl3N5O/c35-28-9-4-3-8-25(28)26-18-22(19-31-27(26)20-39-34(43)42(31)32-29(36)10-5-11-30(32)37)21-40-14-16-41(17-15-40)33-24-7-2-1-6-23(24)12-13-38-33/h1-13,18-19H,14-17,20-21H2,(H,39,43). The quantitative estimate of drug-likeness (QED) is 0.212. The maximum Gasteiger partial charge on any atom is 0.326 e. The van der Waals surface area contributed by atoms with E-state index in [2.05, 4.69) is 57.6 Å². The first-order chi connectivity index (χ1) is 21.0. The number of para-hydroxylation sites is 1. The van der Waals surface area contributed by atoms with Gasteiger partial charge in [0.15, 0.2) is 0 Å². The third kappa shape index (κ3) is 5.30. The zero-order chi connectivity index (χ0) is 29.5. The molecule has 0 bridgehead atoms. The SMILES string of the molecule is O=C1NCc2c(-c3ccccc3Cl)cc(CN3CCN(c4nccc5ccccc45)CC3)cc2N1c1c(Cl)cccc1Cl. The summed E-state index contributed by atoms with van der Waals surface area (Å²) >= 11 is 20.0. The molecule has 0 radical (unpaired) electrons.